The highest BCUT2D eigenvalue weighted by Crippen LogP contribution is 2.23. The Hall–Kier alpha value is -2.11. The first kappa shape index (κ1) is 20.6. The smallest absolute Gasteiger partial charge is 0.226 e. The van der Waals surface area contributed by atoms with E-state index in [-0.39, 0.29) is 5.91 Å². The normalized spacial score (nSPS) is 15.1. The number of para-hydroxylation sites is 1. The fourth-order valence-electron chi connectivity index (χ4n) is 3.03. The van der Waals surface area contributed by atoms with Gasteiger partial charge in [-0.05, 0) is 23.6 Å². The van der Waals surface area contributed by atoms with Crippen molar-refractivity contribution in [2.45, 2.75) is 6.42 Å². The number of nitrogens with zero attached hydrogens (tertiary/aromatic N) is 3. The molecule has 1 fully saturated rings. The Labute approximate surface area is 174 Å². The van der Waals surface area contributed by atoms with Gasteiger partial charge in [-0.1, -0.05) is 23.7 Å². The molecule has 0 saturated carbocycles. The van der Waals surface area contributed by atoms with E-state index in [1.54, 1.807) is 6.07 Å². The number of benzene rings is 1. The van der Waals surface area contributed by atoms with E-state index in [0.29, 0.717) is 28.6 Å². The van der Waals surface area contributed by atoms with Gasteiger partial charge in [-0.3, -0.25) is 9.69 Å². The zero-order valence-electron chi connectivity index (χ0n) is 15.6. The largest absolute Gasteiger partial charge is 0.491 e. The summed E-state index contributed by atoms with van der Waals surface area (Å²) in [6.07, 6.45) is 0.429. The number of hydrogen-bond donors (Lipinski definition) is 1. The maximum absolute atomic E-state index is 12.1. The second-order valence-corrected chi connectivity index (χ2v) is 7.86. The van der Waals surface area contributed by atoms with E-state index in [1.807, 2.05) is 29.6 Å². The Bertz CT molecular complexity index is 828. The lowest BCUT2D eigenvalue weighted by Crippen LogP contribution is -2.48. The number of amides is 1. The number of rotatable bonds is 8. The van der Waals surface area contributed by atoms with Crippen molar-refractivity contribution in [3.05, 3.63) is 46.3 Å². The molecule has 0 unspecified atom stereocenters. The summed E-state index contributed by atoms with van der Waals surface area (Å²) in [5, 5.41) is 14.9. The third-order valence-corrected chi connectivity index (χ3v) is 5.80. The molecule has 1 aromatic heterocycles. The van der Waals surface area contributed by atoms with Gasteiger partial charge in [0.2, 0.25) is 5.91 Å². The molecule has 0 aliphatic carbocycles. The van der Waals surface area contributed by atoms with Crippen LogP contribution in [0.15, 0.2) is 35.7 Å². The summed E-state index contributed by atoms with van der Waals surface area (Å²) in [6.45, 7) is 5.96. The van der Waals surface area contributed by atoms with Gasteiger partial charge in [0.25, 0.3) is 0 Å². The highest BCUT2D eigenvalue weighted by molar-refractivity contribution is 7.14. The number of anilines is 1. The molecule has 2 aromatic rings. The van der Waals surface area contributed by atoms with Crippen molar-refractivity contribution >= 4 is 33.8 Å². The molecule has 28 heavy (non-hydrogen) atoms. The van der Waals surface area contributed by atoms with Crippen LogP contribution in [0.3, 0.4) is 0 Å². The molecule has 0 spiro atoms. The Morgan fingerprint density at radius 3 is 2.61 bits per heavy atom. The molecule has 6 nitrogen and oxygen atoms in total. The predicted molar refractivity (Wildman–Crippen MR) is 112 cm³/mol. The lowest BCUT2D eigenvalue weighted by molar-refractivity contribution is -0.116. The number of piperazine rings is 1. The van der Waals surface area contributed by atoms with E-state index >= 15 is 0 Å². The van der Waals surface area contributed by atoms with Gasteiger partial charge in [-0.2, -0.15) is 5.26 Å². The lowest BCUT2D eigenvalue weighted by atomic mass is 10.2. The highest BCUT2D eigenvalue weighted by Gasteiger charge is 2.18. The van der Waals surface area contributed by atoms with Crippen LogP contribution >= 0.6 is 22.9 Å². The minimum absolute atomic E-state index is 0.0467. The van der Waals surface area contributed by atoms with E-state index in [9.17, 15) is 4.79 Å². The third kappa shape index (κ3) is 5.94. The maximum atomic E-state index is 12.1. The van der Waals surface area contributed by atoms with Gasteiger partial charge < -0.3 is 15.0 Å². The van der Waals surface area contributed by atoms with Crippen LogP contribution in [-0.4, -0.2) is 61.6 Å². The van der Waals surface area contributed by atoms with Crippen LogP contribution in [0.2, 0.25) is 5.02 Å². The first-order valence-corrected chi connectivity index (χ1v) is 10.5. The summed E-state index contributed by atoms with van der Waals surface area (Å²) in [7, 11) is 0. The molecule has 1 aliphatic rings. The summed E-state index contributed by atoms with van der Waals surface area (Å²) in [4.78, 5) is 16.8. The van der Waals surface area contributed by atoms with Crippen LogP contribution in [0.5, 0.6) is 5.75 Å². The van der Waals surface area contributed by atoms with Crippen LogP contribution in [-0.2, 0) is 4.79 Å². The molecule has 0 radical (unpaired) electrons. The molecular formula is C20H23ClN4O2S. The molecule has 0 atom stereocenters. The average Bonchev–Trinajstić information content (AvgIpc) is 3.16. The van der Waals surface area contributed by atoms with Crippen molar-refractivity contribution in [1.82, 2.24) is 9.80 Å². The van der Waals surface area contributed by atoms with Crippen LogP contribution < -0.4 is 10.1 Å². The predicted octanol–water partition coefficient (Wildman–Crippen LogP) is 3.30. The van der Waals surface area contributed by atoms with Crippen molar-refractivity contribution in [1.29, 1.82) is 5.26 Å². The summed E-state index contributed by atoms with van der Waals surface area (Å²) < 4.78 is 5.75. The highest BCUT2D eigenvalue weighted by atomic mass is 35.5. The van der Waals surface area contributed by atoms with Gasteiger partial charge in [-0.15, -0.1) is 11.3 Å². The molecule has 2 heterocycles. The Morgan fingerprint density at radius 2 is 1.89 bits per heavy atom. The van der Waals surface area contributed by atoms with E-state index < -0.39 is 0 Å². The van der Waals surface area contributed by atoms with Gasteiger partial charge in [0.1, 0.15) is 23.4 Å². The molecule has 1 aromatic carbocycles. The minimum Gasteiger partial charge on any atom is -0.491 e. The molecule has 148 valence electrons. The lowest BCUT2D eigenvalue weighted by Gasteiger charge is -2.34. The second kappa shape index (κ2) is 10.4. The molecule has 1 saturated heterocycles. The summed E-state index contributed by atoms with van der Waals surface area (Å²) in [6, 6.07) is 11.3. The third-order valence-electron chi connectivity index (χ3n) is 4.66. The molecular weight excluding hydrogens is 396 g/mol. The first-order chi connectivity index (χ1) is 13.7. The molecule has 3 rings (SSSR count). The number of nitriles is 1. The van der Waals surface area contributed by atoms with Crippen molar-refractivity contribution < 1.29 is 9.53 Å². The van der Waals surface area contributed by atoms with Gasteiger partial charge in [0.05, 0.1) is 10.6 Å². The number of hydrogen-bond acceptors (Lipinski definition) is 6. The molecule has 8 heteroatoms. The summed E-state index contributed by atoms with van der Waals surface area (Å²) in [5.41, 5.74) is 0.519. The number of nitrogens with one attached hydrogen (secondary N) is 1. The standard InChI is InChI=1S/C20H23ClN4O2S/c21-17-3-1-2-4-18(17)27-13-12-25-10-8-24(9-11-25)7-5-19(26)23-20-16(15-22)6-14-28-20/h1-4,6,14H,5,7-13H2,(H,23,26). The van der Waals surface area contributed by atoms with E-state index in [2.05, 4.69) is 21.2 Å². The van der Waals surface area contributed by atoms with Crippen LogP contribution in [0.4, 0.5) is 5.00 Å². The fraction of sp³-hybridized carbons (Fsp3) is 0.400. The molecule has 0 bridgehead atoms. The van der Waals surface area contributed by atoms with E-state index in [0.717, 1.165) is 45.0 Å². The quantitative estimate of drug-likeness (QED) is 0.712. The number of halogens is 1. The van der Waals surface area contributed by atoms with Crippen LogP contribution in [0.1, 0.15) is 12.0 Å². The van der Waals surface area contributed by atoms with E-state index in [1.165, 1.54) is 11.3 Å². The second-order valence-electron chi connectivity index (χ2n) is 6.54. The number of thiophene rings is 1. The molecule has 1 N–H and O–H groups in total. The number of carbonyl (C=O) groups is 1. The zero-order chi connectivity index (χ0) is 19.8. The van der Waals surface area contributed by atoms with E-state index in [4.69, 9.17) is 21.6 Å². The number of ether oxygens (including phenoxy) is 1. The first-order valence-electron chi connectivity index (χ1n) is 9.25. The topological polar surface area (TPSA) is 68.6 Å². The fourth-order valence-corrected chi connectivity index (χ4v) is 3.97. The molecule has 1 aliphatic heterocycles. The Balaban J connectivity index is 1.31. The van der Waals surface area contributed by atoms with Gasteiger partial charge in [0.15, 0.2) is 0 Å². The summed E-state index contributed by atoms with van der Waals surface area (Å²) >= 11 is 7.47. The van der Waals surface area contributed by atoms with Crippen molar-refractivity contribution in [3.8, 4) is 11.8 Å². The Morgan fingerprint density at radius 1 is 1.18 bits per heavy atom. The Kier molecular flexibility index (Phi) is 7.69. The van der Waals surface area contributed by atoms with Gasteiger partial charge in [0, 0.05) is 45.7 Å². The van der Waals surface area contributed by atoms with Crippen LogP contribution in [0, 0.1) is 11.3 Å². The van der Waals surface area contributed by atoms with Crippen molar-refractivity contribution in [2.75, 3.05) is 51.2 Å². The average molecular weight is 419 g/mol. The monoisotopic (exact) mass is 418 g/mol. The maximum Gasteiger partial charge on any atom is 0.226 e. The van der Waals surface area contributed by atoms with Crippen LogP contribution in [0.25, 0.3) is 0 Å². The zero-order valence-corrected chi connectivity index (χ0v) is 17.1. The minimum atomic E-state index is -0.0467. The van der Waals surface area contributed by atoms with Gasteiger partial charge >= 0.3 is 0 Å². The summed E-state index contributed by atoms with van der Waals surface area (Å²) in [5.74, 6) is 0.675. The van der Waals surface area contributed by atoms with Gasteiger partial charge in [-0.25, -0.2) is 0 Å². The number of carbonyl (C=O) groups excluding carboxylic acids is 1. The van der Waals surface area contributed by atoms with Crippen molar-refractivity contribution in [2.24, 2.45) is 0 Å². The SMILES string of the molecule is N#Cc1ccsc1NC(=O)CCN1CCN(CCOc2ccccc2Cl)CC1. The molecule has 1 amide bonds. The van der Waals surface area contributed by atoms with Crippen molar-refractivity contribution in [3.63, 3.8) is 0 Å².